The van der Waals surface area contributed by atoms with Crippen molar-refractivity contribution >= 4 is 40.6 Å². The molecular formula is C26H28ClN5O2. The van der Waals surface area contributed by atoms with Crippen molar-refractivity contribution < 1.29 is 9.59 Å². The summed E-state index contributed by atoms with van der Waals surface area (Å²) in [5.41, 5.74) is 2.60. The summed E-state index contributed by atoms with van der Waals surface area (Å²) in [5, 5.41) is 9.57. The molecule has 2 heterocycles. The maximum absolute atomic E-state index is 13.0. The summed E-state index contributed by atoms with van der Waals surface area (Å²) in [6.07, 6.45) is 0. The van der Waals surface area contributed by atoms with E-state index < -0.39 is 0 Å². The normalized spacial score (nSPS) is 17.8. The largest absolute Gasteiger partial charge is 0.354 e. The van der Waals surface area contributed by atoms with E-state index in [2.05, 4.69) is 34.7 Å². The second kappa shape index (κ2) is 10.2. The number of nitrogens with zero attached hydrogens (tertiary/aromatic N) is 2. The Kier molecular flexibility index (Phi) is 7.14. The molecule has 0 unspecified atom stereocenters. The molecule has 2 aromatic carbocycles. The van der Waals surface area contributed by atoms with Crippen LogP contribution in [0, 0.1) is 6.92 Å². The monoisotopic (exact) mass is 477 g/mol. The van der Waals surface area contributed by atoms with Crippen LogP contribution < -0.4 is 20.9 Å². The second-order valence-corrected chi connectivity index (χ2v) is 9.05. The first-order valence-electron chi connectivity index (χ1n) is 11.3. The fraction of sp³-hybridized carbons (Fsp3) is 0.269. The van der Waals surface area contributed by atoms with Crippen molar-refractivity contribution in [1.82, 2.24) is 10.3 Å². The number of hydrogen-bond donors (Lipinski definition) is 3. The molecule has 7 nitrogen and oxygen atoms in total. The van der Waals surface area contributed by atoms with E-state index >= 15 is 0 Å². The van der Waals surface area contributed by atoms with E-state index in [0.29, 0.717) is 45.3 Å². The van der Waals surface area contributed by atoms with E-state index in [0.717, 1.165) is 18.9 Å². The molecule has 0 bridgehead atoms. The predicted octanol–water partition coefficient (Wildman–Crippen LogP) is 4.73. The van der Waals surface area contributed by atoms with Gasteiger partial charge in [-0.05, 0) is 63.2 Å². The number of carbonyl (C=O) groups is 2. The molecule has 3 N–H and O–H groups in total. The lowest BCUT2D eigenvalue weighted by molar-refractivity contribution is 0.101. The smallest absolute Gasteiger partial charge is 0.257 e. The molecule has 0 saturated carbocycles. The molecule has 8 heteroatoms. The number of hydrogen-bond acceptors (Lipinski definition) is 5. The molecule has 4 rings (SSSR count). The lowest BCUT2D eigenvalue weighted by Crippen LogP contribution is -2.54. The maximum Gasteiger partial charge on any atom is 0.257 e. The van der Waals surface area contributed by atoms with Gasteiger partial charge in [0.05, 0.1) is 22.0 Å². The lowest BCUT2D eigenvalue weighted by Gasteiger charge is -2.37. The second-order valence-electron chi connectivity index (χ2n) is 8.65. The summed E-state index contributed by atoms with van der Waals surface area (Å²) in [6.45, 7) is 7.87. The Labute approximate surface area is 204 Å². The number of halogens is 1. The highest BCUT2D eigenvalue weighted by Gasteiger charge is 2.23. The van der Waals surface area contributed by atoms with Crippen LogP contribution in [0.3, 0.4) is 0 Å². The molecule has 34 heavy (non-hydrogen) atoms. The van der Waals surface area contributed by atoms with Gasteiger partial charge in [0.1, 0.15) is 5.82 Å². The summed E-state index contributed by atoms with van der Waals surface area (Å²) >= 11 is 6.27. The van der Waals surface area contributed by atoms with Crippen LogP contribution in [0.4, 0.5) is 17.2 Å². The summed E-state index contributed by atoms with van der Waals surface area (Å²) < 4.78 is 0. The Morgan fingerprint density at radius 2 is 1.68 bits per heavy atom. The minimum atomic E-state index is -0.279. The van der Waals surface area contributed by atoms with E-state index in [4.69, 9.17) is 16.6 Å². The Bertz CT molecular complexity index is 1190. The van der Waals surface area contributed by atoms with E-state index in [1.807, 2.05) is 19.1 Å². The summed E-state index contributed by atoms with van der Waals surface area (Å²) in [5.74, 6) is 0.311. The number of nitrogens with one attached hydrogen (secondary N) is 3. The van der Waals surface area contributed by atoms with Gasteiger partial charge in [-0.1, -0.05) is 29.8 Å². The van der Waals surface area contributed by atoms with Crippen molar-refractivity contribution in [1.29, 1.82) is 0 Å². The van der Waals surface area contributed by atoms with Crippen molar-refractivity contribution in [2.75, 3.05) is 28.6 Å². The highest BCUT2D eigenvalue weighted by atomic mass is 35.5. The summed E-state index contributed by atoms with van der Waals surface area (Å²) in [7, 11) is 0. The van der Waals surface area contributed by atoms with E-state index in [9.17, 15) is 9.59 Å². The number of carbonyl (C=O) groups excluding carboxylic acids is 2. The van der Waals surface area contributed by atoms with Crippen LogP contribution in [0.1, 0.15) is 40.3 Å². The third-order valence-corrected chi connectivity index (χ3v) is 6.04. The van der Waals surface area contributed by atoms with Gasteiger partial charge in [-0.2, -0.15) is 0 Å². The van der Waals surface area contributed by atoms with Gasteiger partial charge in [0.15, 0.2) is 0 Å². The number of piperazine rings is 1. The first-order chi connectivity index (χ1) is 16.3. The Morgan fingerprint density at radius 1 is 0.971 bits per heavy atom. The highest BCUT2D eigenvalue weighted by molar-refractivity contribution is 6.34. The fourth-order valence-electron chi connectivity index (χ4n) is 4.16. The van der Waals surface area contributed by atoms with Crippen molar-refractivity contribution in [2.45, 2.75) is 32.9 Å². The minimum Gasteiger partial charge on any atom is -0.354 e. The van der Waals surface area contributed by atoms with Crippen LogP contribution in [0.25, 0.3) is 0 Å². The molecule has 3 aromatic rings. The molecule has 176 valence electrons. The van der Waals surface area contributed by atoms with Crippen LogP contribution in [0.5, 0.6) is 0 Å². The average Bonchev–Trinajstić information content (AvgIpc) is 2.81. The molecule has 1 saturated heterocycles. The topological polar surface area (TPSA) is 86.4 Å². The van der Waals surface area contributed by atoms with Crippen molar-refractivity contribution in [3.05, 3.63) is 82.5 Å². The molecule has 1 aromatic heterocycles. The molecule has 1 fully saturated rings. The van der Waals surface area contributed by atoms with Gasteiger partial charge >= 0.3 is 0 Å². The van der Waals surface area contributed by atoms with Gasteiger partial charge in [0, 0.05) is 36.4 Å². The molecular weight excluding hydrogens is 450 g/mol. The van der Waals surface area contributed by atoms with Gasteiger partial charge in [-0.3, -0.25) is 9.59 Å². The quantitative estimate of drug-likeness (QED) is 0.494. The van der Waals surface area contributed by atoms with Crippen LogP contribution >= 0.6 is 11.6 Å². The van der Waals surface area contributed by atoms with E-state index in [1.54, 1.807) is 48.5 Å². The lowest BCUT2D eigenvalue weighted by atomic mass is 10.1. The SMILES string of the molecule is Cc1nc(N2C[C@@H](C)N[C@@H](C)C2)ccc1C(=O)Nc1ccc(Cl)c(NC(=O)c2ccccc2)c1. The van der Waals surface area contributed by atoms with Crippen LogP contribution in [0.2, 0.25) is 5.02 Å². The number of anilines is 3. The van der Waals surface area contributed by atoms with Gasteiger partial charge < -0.3 is 20.9 Å². The van der Waals surface area contributed by atoms with Crippen molar-refractivity contribution in [3.63, 3.8) is 0 Å². The number of aromatic nitrogens is 1. The zero-order valence-electron chi connectivity index (χ0n) is 19.4. The zero-order chi connectivity index (χ0) is 24.2. The number of pyridine rings is 1. The molecule has 0 radical (unpaired) electrons. The number of amides is 2. The highest BCUT2D eigenvalue weighted by Crippen LogP contribution is 2.27. The van der Waals surface area contributed by atoms with Gasteiger partial charge in [0.25, 0.3) is 11.8 Å². The number of benzene rings is 2. The van der Waals surface area contributed by atoms with Gasteiger partial charge in [-0.25, -0.2) is 4.98 Å². The standard InChI is InChI=1S/C26H28ClN5O2/c1-16-14-32(15-17(2)28-16)24-12-10-21(18(3)29-24)26(34)30-20-9-11-22(27)23(13-20)31-25(33)19-7-5-4-6-8-19/h4-13,16-17,28H,14-15H2,1-3H3,(H,30,34)(H,31,33)/t16-,17+. The average molecular weight is 478 g/mol. The third kappa shape index (κ3) is 5.55. The number of rotatable bonds is 5. The Morgan fingerprint density at radius 3 is 2.35 bits per heavy atom. The predicted molar refractivity (Wildman–Crippen MR) is 137 cm³/mol. The van der Waals surface area contributed by atoms with Crippen molar-refractivity contribution in [2.24, 2.45) is 0 Å². The van der Waals surface area contributed by atoms with Crippen LogP contribution in [0.15, 0.2) is 60.7 Å². The van der Waals surface area contributed by atoms with Crippen LogP contribution in [-0.4, -0.2) is 42.0 Å². The zero-order valence-corrected chi connectivity index (χ0v) is 20.2. The first-order valence-corrected chi connectivity index (χ1v) is 11.6. The van der Waals surface area contributed by atoms with E-state index in [1.165, 1.54) is 0 Å². The molecule has 1 aliphatic rings. The molecule has 1 aliphatic heterocycles. The Hall–Kier alpha value is -3.42. The number of aryl methyl sites for hydroxylation is 1. The Balaban J connectivity index is 1.47. The van der Waals surface area contributed by atoms with Gasteiger partial charge in [-0.15, -0.1) is 0 Å². The first kappa shape index (κ1) is 23.7. The molecule has 2 atom stereocenters. The van der Waals surface area contributed by atoms with E-state index in [-0.39, 0.29) is 11.8 Å². The summed E-state index contributed by atoms with van der Waals surface area (Å²) in [6, 6.07) is 18.3. The maximum atomic E-state index is 13.0. The summed E-state index contributed by atoms with van der Waals surface area (Å²) in [4.78, 5) is 32.4. The van der Waals surface area contributed by atoms with Gasteiger partial charge in [0.2, 0.25) is 0 Å². The third-order valence-electron chi connectivity index (χ3n) is 5.71. The van der Waals surface area contributed by atoms with Crippen molar-refractivity contribution in [3.8, 4) is 0 Å². The molecule has 2 amide bonds. The fourth-order valence-corrected chi connectivity index (χ4v) is 4.32. The molecule has 0 aliphatic carbocycles. The molecule has 0 spiro atoms. The van der Waals surface area contributed by atoms with Crippen LogP contribution in [-0.2, 0) is 0 Å². The minimum absolute atomic E-state index is 0.277.